The molecule has 0 aliphatic carbocycles. The van der Waals surface area contributed by atoms with Crippen LogP contribution in [0.15, 0.2) is 18.2 Å². The van der Waals surface area contributed by atoms with Crippen LogP contribution < -0.4 is 11.1 Å². The van der Waals surface area contributed by atoms with E-state index in [2.05, 4.69) is 10.3 Å². The smallest absolute Gasteiger partial charge is 0.270 e. The number of hydrogen-bond donors (Lipinski definition) is 2. The van der Waals surface area contributed by atoms with Gasteiger partial charge in [0, 0.05) is 18.6 Å². The van der Waals surface area contributed by atoms with Crippen molar-refractivity contribution in [3.05, 3.63) is 23.9 Å². The number of nitrogens with zero attached hydrogens (tertiary/aromatic N) is 1. The first-order valence-electron chi connectivity index (χ1n) is 5.78. The predicted molar refractivity (Wildman–Crippen MR) is 64.5 cm³/mol. The molecule has 1 aromatic rings. The highest BCUT2D eigenvalue weighted by molar-refractivity contribution is 5.92. The molecular formula is C12H17N3O2. The number of nitrogens with two attached hydrogens (primary N) is 1. The average Bonchev–Trinajstić information content (AvgIpc) is 2.82. The lowest BCUT2D eigenvalue weighted by Gasteiger charge is -2.18. The fraction of sp³-hybridized carbons (Fsp3) is 0.500. The molecule has 2 heterocycles. The lowest BCUT2D eigenvalue weighted by Crippen LogP contribution is -2.38. The van der Waals surface area contributed by atoms with Crippen LogP contribution in [0.2, 0.25) is 0 Å². The Kier molecular flexibility index (Phi) is 3.58. The molecule has 5 heteroatoms. The quantitative estimate of drug-likeness (QED) is 0.813. The fourth-order valence-electron chi connectivity index (χ4n) is 1.92. The summed E-state index contributed by atoms with van der Waals surface area (Å²) in [5.74, 6) is 0.561. The lowest BCUT2D eigenvalue weighted by atomic mass is 10.0. The molecular weight excluding hydrogens is 218 g/mol. The average molecular weight is 235 g/mol. The van der Waals surface area contributed by atoms with E-state index in [1.807, 2.05) is 6.92 Å². The number of anilines is 1. The number of aromatic nitrogens is 1. The van der Waals surface area contributed by atoms with Crippen molar-refractivity contribution in [2.45, 2.75) is 19.4 Å². The largest absolute Gasteiger partial charge is 0.384 e. The molecule has 17 heavy (non-hydrogen) atoms. The Morgan fingerprint density at radius 1 is 1.65 bits per heavy atom. The summed E-state index contributed by atoms with van der Waals surface area (Å²) in [7, 11) is 0. The second kappa shape index (κ2) is 5.14. The van der Waals surface area contributed by atoms with Crippen LogP contribution in [0.25, 0.3) is 0 Å². The Morgan fingerprint density at radius 2 is 2.47 bits per heavy atom. The second-order valence-electron chi connectivity index (χ2n) is 4.33. The predicted octanol–water partition coefficient (Wildman–Crippen LogP) is 0.819. The highest BCUT2D eigenvalue weighted by Crippen LogP contribution is 2.16. The molecule has 0 spiro atoms. The minimum atomic E-state index is -0.184. The number of carbonyl (C=O) groups excluding carboxylic acids is 1. The van der Waals surface area contributed by atoms with Crippen LogP contribution in [0.5, 0.6) is 0 Å². The molecule has 2 atom stereocenters. The maximum absolute atomic E-state index is 11.9. The van der Waals surface area contributed by atoms with Crippen LogP contribution in [-0.4, -0.2) is 30.1 Å². The zero-order valence-electron chi connectivity index (χ0n) is 9.85. The van der Waals surface area contributed by atoms with Crippen LogP contribution in [0.3, 0.4) is 0 Å². The summed E-state index contributed by atoms with van der Waals surface area (Å²) in [4.78, 5) is 15.9. The van der Waals surface area contributed by atoms with E-state index in [-0.39, 0.29) is 11.9 Å². The summed E-state index contributed by atoms with van der Waals surface area (Å²) in [6.07, 6.45) is 0.992. The first-order valence-corrected chi connectivity index (χ1v) is 5.78. The van der Waals surface area contributed by atoms with Crippen molar-refractivity contribution in [3.8, 4) is 0 Å². The summed E-state index contributed by atoms with van der Waals surface area (Å²) >= 11 is 0. The number of nitrogens with one attached hydrogen (secondary N) is 1. The lowest BCUT2D eigenvalue weighted by molar-refractivity contribution is 0.0917. The minimum Gasteiger partial charge on any atom is -0.384 e. The zero-order valence-corrected chi connectivity index (χ0v) is 9.85. The number of rotatable bonds is 3. The van der Waals surface area contributed by atoms with E-state index >= 15 is 0 Å². The zero-order chi connectivity index (χ0) is 12.3. The normalized spacial score (nSPS) is 21.1. The fourth-order valence-corrected chi connectivity index (χ4v) is 1.92. The van der Waals surface area contributed by atoms with E-state index in [9.17, 15) is 4.79 Å². The van der Waals surface area contributed by atoms with Crippen molar-refractivity contribution in [1.82, 2.24) is 10.3 Å². The standard InChI is InChI=1S/C12H17N3O2/c1-8(9-5-6-17-7-9)14-12(16)10-3-2-4-11(13)15-10/h2-4,8-9H,5-7H2,1H3,(H2,13,15)(H,14,16). The first kappa shape index (κ1) is 11.9. The molecule has 3 N–H and O–H groups in total. The van der Waals surface area contributed by atoms with Gasteiger partial charge in [0.05, 0.1) is 6.61 Å². The van der Waals surface area contributed by atoms with Gasteiger partial charge in [0.2, 0.25) is 0 Å². The molecule has 2 rings (SSSR count). The first-order chi connectivity index (χ1) is 8.16. The number of amides is 1. The van der Waals surface area contributed by atoms with Gasteiger partial charge in [-0.3, -0.25) is 4.79 Å². The Hall–Kier alpha value is -1.62. The highest BCUT2D eigenvalue weighted by atomic mass is 16.5. The SMILES string of the molecule is CC(NC(=O)c1cccc(N)n1)C1CCOC1. The highest BCUT2D eigenvalue weighted by Gasteiger charge is 2.24. The van der Waals surface area contributed by atoms with Gasteiger partial charge in [0.25, 0.3) is 5.91 Å². The van der Waals surface area contributed by atoms with Crippen LogP contribution in [0.4, 0.5) is 5.82 Å². The Labute approximate surface area is 100 Å². The number of carbonyl (C=O) groups is 1. The molecule has 1 saturated heterocycles. The van der Waals surface area contributed by atoms with Gasteiger partial charge in [0.1, 0.15) is 11.5 Å². The van der Waals surface area contributed by atoms with Gasteiger partial charge in [-0.1, -0.05) is 6.07 Å². The Balaban J connectivity index is 1.96. The Morgan fingerprint density at radius 3 is 3.12 bits per heavy atom. The van der Waals surface area contributed by atoms with E-state index < -0.39 is 0 Å². The van der Waals surface area contributed by atoms with E-state index in [0.717, 1.165) is 13.0 Å². The molecule has 1 amide bonds. The number of hydrogen-bond acceptors (Lipinski definition) is 4. The van der Waals surface area contributed by atoms with Crippen LogP contribution in [0, 0.1) is 5.92 Å². The van der Waals surface area contributed by atoms with E-state index in [0.29, 0.717) is 24.0 Å². The van der Waals surface area contributed by atoms with Gasteiger partial charge >= 0.3 is 0 Å². The van der Waals surface area contributed by atoms with Gasteiger partial charge < -0.3 is 15.8 Å². The van der Waals surface area contributed by atoms with Crippen molar-refractivity contribution in [2.75, 3.05) is 18.9 Å². The van der Waals surface area contributed by atoms with E-state index in [1.54, 1.807) is 18.2 Å². The van der Waals surface area contributed by atoms with Crippen molar-refractivity contribution in [3.63, 3.8) is 0 Å². The number of pyridine rings is 1. The summed E-state index contributed by atoms with van der Waals surface area (Å²) < 4.78 is 5.30. The molecule has 1 aromatic heterocycles. The van der Waals surface area contributed by atoms with Gasteiger partial charge in [-0.05, 0) is 25.5 Å². The monoisotopic (exact) mass is 235 g/mol. The van der Waals surface area contributed by atoms with Gasteiger partial charge in [0.15, 0.2) is 0 Å². The molecule has 0 radical (unpaired) electrons. The van der Waals surface area contributed by atoms with Crippen molar-refractivity contribution in [2.24, 2.45) is 5.92 Å². The van der Waals surface area contributed by atoms with Gasteiger partial charge in [-0.2, -0.15) is 0 Å². The maximum Gasteiger partial charge on any atom is 0.270 e. The molecule has 0 bridgehead atoms. The summed E-state index contributed by atoms with van der Waals surface area (Å²) in [5.41, 5.74) is 5.90. The molecule has 1 aliphatic rings. The van der Waals surface area contributed by atoms with Crippen molar-refractivity contribution >= 4 is 11.7 Å². The molecule has 1 fully saturated rings. The molecule has 0 aromatic carbocycles. The third-order valence-electron chi connectivity index (χ3n) is 3.03. The van der Waals surface area contributed by atoms with E-state index in [4.69, 9.17) is 10.5 Å². The van der Waals surface area contributed by atoms with Crippen LogP contribution >= 0.6 is 0 Å². The molecule has 0 saturated carbocycles. The topological polar surface area (TPSA) is 77.2 Å². The van der Waals surface area contributed by atoms with Gasteiger partial charge in [-0.15, -0.1) is 0 Å². The van der Waals surface area contributed by atoms with Crippen molar-refractivity contribution in [1.29, 1.82) is 0 Å². The molecule has 5 nitrogen and oxygen atoms in total. The Bertz CT molecular complexity index is 402. The third-order valence-corrected chi connectivity index (χ3v) is 3.03. The summed E-state index contributed by atoms with van der Waals surface area (Å²) in [6, 6.07) is 5.13. The number of ether oxygens (including phenoxy) is 1. The third kappa shape index (κ3) is 2.94. The van der Waals surface area contributed by atoms with Crippen molar-refractivity contribution < 1.29 is 9.53 Å². The second-order valence-corrected chi connectivity index (χ2v) is 4.33. The van der Waals surface area contributed by atoms with Gasteiger partial charge in [-0.25, -0.2) is 4.98 Å². The summed E-state index contributed by atoms with van der Waals surface area (Å²) in [6.45, 7) is 3.48. The molecule has 1 aliphatic heterocycles. The van der Waals surface area contributed by atoms with E-state index in [1.165, 1.54) is 0 Å². The minimum absolute atomic E-state index is 0.0910. The summed E-state index contributed by atoms with van der Waals surface area (Å²) in [5, 5.41) is 2.93. The number of nitrogen functional groups attached to an aromatic ring is 1. The van der Waals surface area contributed by atoms with Crippen LogP contribution in [-0.2, 0) is 4.74 Å². The molecule has 92 valence electrons. The molecule has 2 unspecified atom stereocenters. The van der Waals surface area contributed by atoms with Crippen LogP contribution in [0.1, 0.15) is 23.8 Å². The maximum atomic E-state index is 11.9.